The Morgan fingerprint density at radius 2 is 2.41 bits per heavy atom. The molecule has 0 unspecified atom stereocenters. The summed E-state index contributed by atoms with van der Waals surface area (Å²) >= 11 is 0. The summed E-state index contributed by atoms with van der Waals surface area (Å²) < 4.78 is 9.72. The van der Waals surface area contributed by atoms with Crippen molar-refractivity contribution in [2.24, 2.45) is 10.9 Å². The van der Waals surface area contributed by atoms with Gasteiger partial charge in [-0.2, -0.15) is 0 Å². The molecular weight excluding hydrogens is 230 g/mol. The van der Waals surface area contributed by atoms with Gasteiger partial charge in [-0.25, -0.2) is 4.63 Å². The number of ether oxygens (including phenoxy) is 1. The number of aromatic nitrogens is 2. The Balaban J connectivity index is 2.62. The van der Waals surface area contributed by atoms with Crippen LogP contribution in [0.5, 0.6) is 5.88 Å². The van der Waals surface area contributed by atoms with E-state index in [1.807, 2.05) is 0 Å². The van der Waals surface area contributed by atoms with Gasteiger partial charge in [-0.05, 0) is 17.2 Å². The Morgan fingerprint density at radius 1 is 1.71 bits per heavy atom. The Bertz CT molecular complexity index is 416. The van der Waals surface area contributed by atoms with E-state index in [-0.39, 0.29) is 36.0 Å². The number of hydrogen-bond acceptors (Lipinski definition) is 7. The van der Waals surface area contributed by atoms with Crippen LogP contribution in [0, 0.1) is 0 Å². The molecule has 1 heterocycles. The van der Waals surface area contributed by atoms with Crippen molar-refractivity contribution in [3.63, 3.8) is 0 Å². The highest BCUT2D eigenvalue weighted by molar-refractivity contribution is 5.96. The zero-order valence-electron chi connectivity index (χ0n) is 9.38. The second-order valence-electron chi connectivity index (χ2n) is 3.27. The first-order chi connectivity index (χ1) is 8.04. The molecule has 1 aromatic rings. The normalized spacial score (nSPS) is 13.2. The number of nitrogens with two attached hydrogens (primary N) is 1. The summed E-state index contributed by atoms with van der Waals surface area (Å²) in [5, 5.41) is 20.7. The van der Waals surface area contributed by atoms with Gasteiger partial charge in [0.05, 0.1) is 6.54 Å². The summed E-state index contributed by atoms with van der Waals surface area (Å²) in [6.07, 6.45) is -0.365. The molecule has 0 radical (unpaired) electrons. The predicted octanol–water partition coefficient (Wildman–Crippen LogP) is -0.932. The summed E-state index contributed by atoms with van der Waals surface area (Å²) in [5.41, 5.74) is 5.33. The van der Waals surface area contributed by atoms with E-state index in [1.165, 1.54) is 6.92 Å². The summed E-state index contributed by atoms with van der Waals surface area (Å²) in [4.78, 5) is 10.7. The molecule has 0 aliphatic rings. The molecule has 0 fully saturated rings. The molecule has 1 rings (SSSR count). The summed E-state index contributed by atoms with van der Waals surface area (Å²) in [5.74, 6) is -0.443. The third-order valence-corrected chi connectivity index (χ3v) is 1.76. The first kappa shape index (κ1) is 12.7. The maximum Gasteiger partial charge on any atom is 0.287 e. The number of nitrogens with zero attached hydrogens (tertiary/aromatic N) is 3. The average molecular weight is 243 g/mol. The van der Waals surface area contributed by atoms with E-state index in [4.69, 9.17) is 15.7 Å². The highest BCUT2D eigenvalue weighted by atomic mass is 16.6. The average Bonchev–Trinajstić information content (AvgIpc) is 2.73. The number of hydrogen-bond donors (Lipinski definition) is 3. The van der Waals surface area contributed by atoms with Crippen molar-refractivity contribution in [1.82, 2.24) is 15.6 Å². The molecular formula is C8H13N5O4. The van der Waals surface area contributed by atoms with E-state index < -0.39 is 0 Å². The standard InChI is InChI=1S/C8H13N5O4/c1-4(3-10-5(2)14)16-8-6(7(9)11-15)12-17-13-8/h4,15H,3H2,1-2H3,(H2,9,11)(H,10,14)/t4-/m0/s1. The molecule has 17 heavy (non-hydrogen) atoms. The van der Waals surface area contributed by atoms with Crippen LogP contribution in [0.4, 0.5) is 0 Å². The maximum absolute atomic E-state index is 10.7. The van der Waals surface area contributed by atoms with E-state index in [0.29, 0.717) is 0 Å². The van der Waals surface area contributed by atoms with Gasteiger partial charge < -0.3 is 21.0 Å². The molecule has 4 N–H and O–H groups in total. The highest BCUT2D eigenvalue weighted by Crippen LogP contribution is 2.13. The van der Waals surface area contributed by atoms with Gasteiger partial charge in [-0.3, -0.25) is 4.79 Å². The minimum Gasteiger partial charge on any atom is -0.469 e. The summed E-state index contributed by atoms with van der Waals surface area (Å²) in [6, 6.07) is 0. The lowest BCUT2D eigenvalue weighted by atomic mass is 10.4. The molecule has 1 aromatic heterocycles. The Morgan fingerprint density at radius 3 is 3.00 bits per heavy atom. The van der Waals surface area contributed by atoms with Crippen LogP contribution in [0.1, 0.15) is 19.5 Å². The van der Waals surface area contributed by atoms with Crippen LogP contribution in [0.3, 0.4) is 0 Å². The van der Waals surface area contributed by atoms with E-state index in [1.54, 1.807) is 6.92 Å². The van der Waals surface area contributed by atoms with Gasteiger partial charge >= 0.3 is 0 Å². The monoisotopic (exact) mass is 243 g/mol. The molecule has 0 saturated carbocycles. The second-order valence-corrected chi connectivity index (χ2v) is 3.27. The minimum atomic E-state index is -0.365. The lowest BCUT2D eigenvalue weighted by Crippen LogP contribution is -2.32. The van der Waals surface area contributed by atoms with Gasteiger partial charge in [0.2, 0.25) is 11.6 Å². The quantitative estimate of drug-likeness (QED) is 0.263. The van der Waals surface area contributed by atoms with Crippen molar-refractivity contribution in [2.75, 3.05) is 6.54 Å². The Kier molecular flexibility index (Phi) is 4.26. The number of oxime groups is 1. The maximum atomic E-state index is 10.7. The fourth-order valence-electron chi connectivity index (χ4n) is 0.981. The van der Waals surface area contributed by atoms with Crippen molar-refractivity contribution in [1.29, 1.82) is 0 Å². The number of nitrogens with one attached hydrogen (secondary N) is 1. The van der Waals surface area contributed by atoms with Crippen LogP contribution in [-0.2, 0) is 4.79 Å². The molecule has 0 aromatic carbocycles. The lowest BCUT2D eigenvalue weighted by Gasteiger charge is -2.12. The van der Waals surface area contributed by atoms with Crippen LogP contribution in [-0.4, -0.2) is 39.9 Å². The van der Waals surface area contributed by atoms with Crippen LogP contribution in [0.2, 0.25) is 0 Å². The third kappa shape index (κ3) is 3.63. The van der Waals surface area contributed by atoms with Crippen molar-refractivity contribution in [3.05, 3.63) is 5.69 Å². The second kappa shape index (κ2) is 5.68. The number of carbonyl (C=O) groups excluding carboxylic acids is 1. The van der Waals surface area contributed by atoms with Crippen LogP contribution in [0.15, 0.2) is 9.78 Å². The Hall–Kier alpha value is -2.32. The van der Waals surface area contributed by atoms with E-state index in [0.717, 1.165) is 0 Å². The zero-order valence-corrected chi connectivity index (χ0v) is 9.38. The number of rotatable bonds is 5. The van der Waals surface area contributed by atoms with Gasteiger partial charge in [0.15, 0.2) is 5.84 Å². The fraction of sp³-hybridized carbons (Fsp3) is 0.500. The van der Waals surface area contributed by atoms with Crippen molar-refractivity contribution >= 4 is 11.7 Å². The van der Waals surface area contributed by atoms with E-state index in [2.05, 4.69) is 25.4 Å². The molecule has 0 bridgehead atoms. The van der Waals surface area contributed by atoms with Crippen LogP contribution < -0.4 is 15.8 Å². The number of carbonyl (C=O) groups is 1. The highest BCUT2D eigenvalue weighted by Gasteiger charge is 2.18. The number of amides is 1. The van der Waals surface area contributed by atoms with Crippen molar-refractivity contribution < 1.29 is 19.4 Å². The summed E-state index contributed by atoms with van der Waals surface area (Å²) in [7, 11) is 0. The molecule has 0 aliphatic heterocycles. The van der Waals surface area contributed by atoms with Gasteiger partial charge in [-0.1, -0.05) is 5.16 Å². The molecule has 1 atom stereocenters. The van der Waals surface area contributed by atoms with Gasteiger partial charge in [0.1, 0.15) is 6.10 Å². The zero-order chi connectivity index (χ0) is 12.8. The van der Waals surface area contributed by atoms with Gasteiger partial charge in [0, 0.05) is 6.92 Å². The topological polar surface area (TPSA) is 136 Å². The minimum absolute atomic E-state index is 0.00171. The van der Waals surface area contributed by atoms with Crippen molar-refractivity contribution in [3.8, 4) is 5.88 Å². The SMILES string of the molecule is CC(=O)NC[C@H](C)Oc1nonc1/C(N)=N/O. The van der Waals surface area contributed by atoms with Crippen molar-refractivity contribution in [2.45, 2.75) is 20.0 Å². The third-order valence-electron chi connectivity index (χ3n) is 1.76. The first-order valence-corrected chi connectivity index (χ1v) is 4.76. The predicted molar refractivity (Wildman–Crippen MR) is 55.6 cm³/mol. The molecule has 94 valence electrons. The van der Waals surface area contributed by atoms with E-state index in [9.17, 15) is 4.79 Å². The van der Waals surface area contributed by atoms with Crippen LogP contribution in [0.25, 0.3) is 0 Å². The molecule has 0 aliphatic carbocycles. The largest absolute Gasteiger partial charge is 0.469 e. The van der Waals surface area contributed by atoms with Crippen LogP contribution >= 0.6 is 0 Å². The first-order valence-electron chi connectivity index (χ1n) is 4.76. The van der Waals surface area contributed by atoms with Gasteiger partial charge in [-0.15, -0.1) is 0 Å². The fourth-order valence-corrected chi connectivity index (χ4v) is 0.981. The smallest absolute Gasteiger partial charge is 0.287 e. The molecule has 9 heteroatoms. The van der Waals surface area contributed by atoms with Gasteiger partial charge in [0.25, 0.3) is 5.88 Å². The Labute approximate surface area is 96.6 Å². The van der Waals surface area contributed by atoms with E-state index >= 15 is 0 Å². The summed E-state index contributed by atoms with van der Waals surface area (Å²) in [6.45, 7) is 3.39. The molecule has 1 amide bonds. The molecule has 9 nitrogen and oxygen atoms in total. The molecule has 0 spiro atoms. The lowest BCUT2D eigenvalue weighted by molar-refractivity contribution is -0.119. The molecule has 0 saturated heterocycles. The number of amidine groups is 1.